The van der Waals surface area contributed by atoms with Gasteiger partial charge in [0.1, 0.15) is 30.5 Å². The van der Waals surface area contributed by atoms with Crippen LogP contribution in [0, 0.1) is 11.3 Å². The summed E-state index contributed by atoms with van der Waals surface area (Å²) in [5.74, 6) is 0.220. The second kappa shape index (κ2) is 6.58. The predicted octanol–water partition coefficient (Wildman–Crippen LogP) is 2.10. The number of nitrogens with zero attached hydrogens (tertiary/aromatic N) is 3. The second-order valence-electron chi connectivity index (χ2n) is 4.72. The number of carbonyl (C=O) groups excluding carboxylic acids is 1. The summed E-state index contributed by atoms with van der Waals surface area (Å²) in [4.78, 5) is 22.8. The highest BCUT2D eigenvalue weighted by atomic mass is 16.5. The molecule has 114 valence electrons. The molecule has 7 nitrogen and oxygen atoms in total. The van der Waals surface area contributed by atoms with Gasteiger partial charge in [-0.1, -0.05) is 12.1 Å². The maximum atomic E-state index is 11.8. The molecule has 0 bridgehead atoms. The van der Waals surface area contributed by atoms with Crippen LogP contribution in [0.3, 0.4) is 0 Å². The number of benzene rings is 1. The van der Waals surface area contributed by atoms with E-state index >= 15 is 0 Å². The van der Waals surface area contributed by atoms with Crippen LogP contribution in [0.15, 0.2) is 42.9 Å². The van der Waals surface area contributed by atoms with Gasteiger partial charge in [-0.25, -0.2) is 14.8 Å². The highest BCUT2D eigenvalue weighted by Gasteiger charge is 2.09. The highest BCUT2D eigenvalue weighted by Crippen LogP contribution is 2.17. The molecule has 0 radical (unpaired) electrons. The molecule has 0 amide bonds. The standard InChI is InChI=1S/C16H13N5O2/c17-8-12-7-11(9-19-12)16(22)23-6-5-18-15-13-3-1-2-4-14(13)20-10-21-15/h1-4,7,9-10,19H,5-6H2,(H,18,20,21). The molecule has 2 aromatic heterocycles. The lowest BCUT2D eigenvalue weighted by molar-refractivity contribution is 0.0521. The maximum Gasteiger partial charge on any atom is 0.339 e. The topological polar surface area (TPSA) is 104 Å². The normalized spacial score (nSPS) is 10.2. The Bertz CT molecular complexity index is 876. The Morgan fingerprint density at radius 3 is 3.04 bits per heavy atom. The Morgan fingerprint density at radius 1 is 1.35 bits per heavy atom. The minimum absolute atomic E-state index is 0.185. The average molecular weight is 307 g/mol. The molecule has 3 aromatic rings. The van der Waals surface area contributed by atoms with Crippen molar-refractivity contribution in [1.29, 1.82) is 5.26 Å². The number of carbonyl (C=O) groups is 1. The molecular formula is C16H13N5O2. The van der Waals surface area contributed by atoms with Crippen LogP contribution >= 0.6 is 0 Å². The summed E-state index contributed by atoms with van der Waals surface area (Å²) in [6.45, 7) is 0.604. The summed E-state index contributed by atoms with van der Waals surface area (Å²) in [5.41, 5.74) is 1.50. The van der Waals surface area contributed by atoms with Crippen molar-refractivity contribution >= 4 is 22.7 Å². The number of hydrogen-bond acceptors (Lipinski definition) is 6. The van der Waals surface area contributed by atoms with Crippen LogP contribution < -0.4 is 5.32 Å². The van der Waals surface area contributed by atoms with Gasteiger partial charge >= 0.3 is 5.97 Å². The maximum absolute atomic E-state index is 11.8. The number of H-pyrrole nitrogens is 1. The van der Waals surface area contributed by atoms with E-state index in [-0.39, 0.29) is 6.61 Å². The Morgan fingerprint density at radius 2 is 2.22 bits per heavy atom. The van der Waals surface area contributed by atoms with Gasteiger partial charge in [-0.3, -0.25) is 0 Å². The fourth-order valence-electron chi connectivity index (χ4n) is 2.12. The van der Waals surface area contributed by atoms with E-state index in [0.29, 0.717) is 23.6 Å². The van der Waals surface area contributed by atoms with Gasteiger partial charge < -0.3 is 15.0 Å². The minimum atomic E-state index is -0.475. The van der Waals surface area contributed by atoms with Crippen molar-refractivity contribution in [3.05, 3.63) is 54.1 Å². The highest BCUT2D eigenvalue weighted by molar-refractivity contribution is 5.90. The fourth-order valence-corrected chi connectivity index (χ4v) is 2.12. The van der Waals surface area contributed by atoms with E-state index in [1.165, 1.54) is 18.6 Å². The molecule has 7 heteroatoms. The summed E-state index contributed by atoms with van der Waals surface area (Å²) in [6, 6.07) is 11.0. The van der Waals surface area contributed by atoms with Crippen LogP contribution in [-0.2, 0) is 4.74 Å². The molecule has 0 aliphatic rings. The number of para-hydroxylation sites is 1. The number of aromatic amines is 1. The van der Waals surface area contributed by atoms with Crippen LogP contribution in [-0.4, -0.2) is 34.1 Å². The minimum Gasteiger partial charge on any atom is -0.460 e. The van der Waals surface area contributed by atoms with Crippen molar-refractivity contribution in [3.8, 4) is 6.07 Å². The third-order valence-corrected chi connectivity index (χ3v) is 3.21. The predicted molar refractivity (Wildman–Crippen MR) is 83.8 cm³/mol. The van der Waals surface area contributed by atoms with Crippen molar-refractivity contribution in [2.45, 2.75) is 0 Å². The molecule has 0 atom stereocenters. The largest absolute Gasteiger partial charge is 0.460 e. The SMILES string of the molecule is N#Cc1cc(C(=O)OCCNc2ncnc3ccccc23)c[nH]1. The first-order valence-electron chi connectivity index (χ1n) is 6.97. The van der Waals surface area contributed by atoms with Crippen molar-refractivity contribution in [1.82, 2.24) is 15.0 Å². The van der Waals surface area contributed by atoms with E-state index in [2.05, 4.69) is 20.3 Å². The van der Waals surface area contributed by atoms with Crippen LogP contribution in [0.5, 0.6) is 0 Å². The molecule has 1 aromatic carbocycles. The van der Waals surface area contributed by atoms with Crippen molar-refractivity contribution in [3.63, 3.8) is 0 Å². The average Bonchev–Trinajstić information content (AvgIpc) is 3.08. The Hall–Kier alpha value is -3.40. The van der Waals surface area contributed by atoms with E-state index < -0.39 is 5.97 Å². The first-order chi connectivity index (χ1) is 11.3. The van der Waals surface area contributed by atoms with E-state index in [4.69, 9.17) is 10.00 Å². The number of ether oxygens (including phenoxy) is 1. The number of rotatable bonds is 5. The Kier molecular flexibility index (Phi) is 4.16. The summed E-state index contributed by atoms with van der Waals surface area (Å²) in [7, 11) is 0. The molecule has 3 rings (SSSR count). The lowest BCUT2D eigenvalue weighted by Gasteiger charge is -2.08. The zero-order valence-electron chi connectivity index (χ0n) is 12.1. The summed E-state index contributed by atoms with van der Waals surface area (Å²) in [5, 5.41) is 12.7. The van der Waals surface area contributed by atoms with Gasteiger partial charge in [0.15, 0.2) is 0 Å². The third-order valence-electron chi connectivity index (χ3n) is 3.21. The first kappa shape index (κ1) is 14.5. The summed E-state index contributed by atoms with van der Waals surface area (Å²) in [6.07, 6.45) is 2.94. The van der Waals surface area contributed by atoms with Gasteiger partial charge in [0.05, 0.1) is 17.6 Å². The van der Waals surface area contributed by atoms with Crippen molar-refractivity contribution in [2.24, 2.45) is 0 Å². The van der Waals surface area contributed by atoms with Gasteiger partial charge in [0.25, 0.3) is 0 Å². The van der Waals surface area contributed by atoms with E-state index in [9.17, 15) is 4.79 Å². The number of hydrogen-bond donors (Lipinski definition) is 2. The van der Waals surface area contributed by atoms with Gasteiger partial charge in [0, 0.05) is 11.6 Å². The molecule has 0 aliphatic carbocycles. The third kappa shape index (κ3) is 3.27. The van der Waals surface area contributed by atoms with Crippen molar-refractivity contribution < 1.29 is 9.53 Å². The van der Waals surface area contributed by atoms with Gasteiger partial charge in [-0.2, -0.15) is 5.26 Å². The molecule has 2 N–H and O–H groups in total. The zero-order valence-corrected chi connectivity index (χ0v) is 12.1. The molecular weight excluding hydrogens is 294 g/mol. The molecule has 0 fully saturated rings. The number of anilines is 1. The van der Waals surface area contributed by atoms with E-state index in [1.807, 2.05) is 30.3 Å². The molecule has 0 spiro atoms. The number of aromatic nitrogens is 3. The number of nitriles is 1. The monoisotopic (exact) mass is 307 g/mol. The number of esters is 1. The fraction of sp³-hybridized carbons (Fsp3) is 0.125. The molecule has 0 aliphatic heterocycles. The van der Waals surface area contributed by atoms with Gasteiger partial charge in [-0.15, -0.1) is 0 Å². The van der Waals surface area contributed by atoms with Crippen LogP contribution in [0.1, 0.15) is 16.1 Å². The molecule has 2 heterocycles. The van der Waals surface area contributed by atoms with Crippen LogP contribution in [0.2, 0.25) is 0 Å². The summed E-state index contributed by atoms with van der Waals surface area (Å²) < 4.78 is 5.15. The molecule has 23 heavy (non-hydrogen) atoms. The quantitative estimate of drug-likeness (QED) is 0.552. The molecule has 0 unspecified atom stereocenters. The first-order valence-corrected chi connectivity index (χ1v) is 6.97. The lowest BCUT2D eigenvalue weighted by atomic mass is 10.2. The van der Waals surface area contributed by atoms with Crippen LogP contribution in [0.4, 0.5) is 5.82 Å². The Balaban J connectivity index is 1.55. The number of fused-ring (bicyclic) bond motifs is 1. The van der Waals surface area contributed by atoms with Crippen molar-refractivity contribution in [2.75, 3.05) is 18.5 Å². The summed E-state index contributed by atoms with van der Waals surface area (Å²) >= 11 is 0. The molecule has 0 saturated heterocycles. The molecule has 0 saturated carbocycles. The number of nitrogens with one attached hydrogen (secondary N) is 2. The van der Waals surface area contributed by atoms with Crippen LogP contribution in [0.25, 0.3) is 10.9 Å². The lowest BCUT2D eigenvalue weighted by Crippen LogP contribution is -2.14. The zero-order chi connectivity index (χ0) is 16.1. The second-order valence-corrected chi connectivity index (χ2v) is 4.72. The van der Waals surface area contributed by atoms with Gasteiger partial charge in [-0.05, 0) is 18.2 Å². The van der Waals surface area contributed by atoms with E-state index in [1.54, 1.807) is 0 Å². The van der Waals surface area contributed by atoms with Gasteiger partial charge in [0.2, 0.25) is 0 Å². The van der Waals surface area contributed by atoms with E-state index in [0.717, 1.165) is 10.9 Å². The Labute approximate surface area is 131 Å². The smallest absolute Gasteiger partial charge is 0.339 e.